The summed E-state index contributed by atoms with van der Waals surface area (Å²) in [5.74, 6) is 0.307. The molecule has 1 aromatic heterocycles. The van der Waals surface area contributed by atoms with Gasteiger partial charge in [0.05, 0.1) is 15.1 Å². The van der Waals surface area contributed by atoms with Gasteiger partial charge in [-0.1, -0.05) is 31.3 Å². The summed E-state index contributed by atoms with van der Waals surface area (Å²) in [5, 5.41) is 0.585. The monoisotopic (exact) mass is 458 g/mol. The number of sulfonamides is 1. The number of aromatic nitrogens is 1. The molecule has 0 radical (unpaired) electrons. The molecule has 3 aromatic rings. The van der Waals surface area contributed by atoms with E-state index in [9.17, 15) is 13.2 Å². The Morgan fingerprint density at radius 1 is 1.10 bits per heavy atom. The Hall–Kier alpha value is -2.49. The molecule has 1 aliphatic rings. The van der Waals surface area contributed by atoms with Gasteiger partial charge in [-0.3, -0.25) is 15.6 Å². The third-order valence-electron chi connectivity index (χ3n) is 5.42. The Bertz CT molecular complexity index is 1200. The van der Waals surface area contributed by atoms with Gasteiger partial charge in [0.25, 0.3) is 5.91 Å². The van der Waals surface area contributed by atoms with Crippen LogP contribution in [0.5, 0.6) is 0 Å². The fourth-order valence-electron chi connectivity index (χ4n) is 4.00. The third-order valence-corrected chi connectivity index (χ3v) is 8.20. The lowest BCUT2D eigenvalue weighted by atomic mass is 9.94. The van der Waals surface area contributed by atoms with Gasteiger partial charge in [-0.15, -0.1) is 0 Å². The Kier molecular flexibility index (Phi) is 6.00. The highest BCUT2D eigenvalue weighted by Crippen LogP contribution is 2.27. The third kappa shape index (κ3) is 4.73. The zero-order chi connectivity index (χ0) is 22.2. The van der Waals surface area contributed by atoms with E-state index in [1.165, 1.54) is 35.6 Å². The molecule has 2 N–H and O–H groups in total. The lowest BCUT2D eigenvalue weighted by Crippen LogP contribution is -2.42. The summed E-state index contributed by atoms with van der Waals surface area (Å²) in [4.78, 5) is 17.1. The number of nitrogens with one attached hydrogen (secondary N) is 2. The average molecular weight is 459 g/mol. The first-order valence-electron chi connectivity index (χ1n) is 10.3. The first-order valence-corrected chi connectivity index (χ1v) is 12.5. The summed E-state index contributed by atoms with van der Waals surface area (Å²) in [6, 6.07) is 12.0. The van der Waals surface area contributed by atoms with Crippen molar-refractivity contribution in [1.82, 2.24) is 14.7 Å². The summed E-state index contributed by atoms with van der Waals surface area (Å²) in [7, 11) is -3.57. The molecule has 2 atom stereocenters. The van der Waals surface area contributed by atoms with Gasteiger partial charge < -0.3 is 0 Å². The number of hydrogen-bond acceptors (Lipinski definition) is 6. The van der Waals surface area contributed by atoms with E-state index < -0.39 is 10.0 Å². The van der Waals surface area contributed by atoms with Crippen LogP contribution in [0.15, 0.2) is 47.4 Å². The maximum Gasteiger partial charge on any atom is 0.269 e. The van der Waals surface area contributed by atoms with Gasteiger partial charge in [0.1, 0.15) is 0 Å². The van der Waals surface area contributed by atoms with Crippen molar-refractivity contribution in [3.05, 3.63) is 53.6 Å². The normalized spacial score (nSPS) is 20.0. The number of hydrazine groups is 1. The number of rotatable bonds is 5. The van der Waals surface area contributed by atoms with E-state index in [4.69, 9.17) is 0 Å². The minimum Gasteiger partial charge on any atom is -0.273 e. The molecule has 1 aliphatic heterocycles. The van der Waals surface area contributed by atoms with E-state index >= 15 is 0 Å². The number of benzene rings is 2. The van der Waals surface area contributed by atoms with Crippen LogP contribution in [0.2, 0.25) is 0 Å². The van der Waals surface area contributed by atoms with Gasteiger partial charge in [-0.25, -0.2) is 13.4 Å². The summed E-state index contributed by atoms with van der Waals surface area (Å²) in [6.07, 6.45) is 1.03. The van der Waals surface area contributed by atoms with Crippen LogP contribution in [0, 0.1) is 18.8 Å². The van der Waals surface area contributed by atoms with Crippen LogP contribution in [0.3, 0.4) is 0 Å². The van der Waals surface area contributed by atoms with E-state index in [1.807, 2.05) is 25.1 Å². The largest absolute Gasteiger partial charge is 0.273 e. The minimum absolute atomic E-state index is 0.208. The molecule has 2 heterocycles. The highest BCUT2D eigenvalue weighted by Gasteiger charge is 2.31. The second kappa shape index (κ2) is 8.57. The van der Waals surface area contributed by atoms with Crippen molar-refractivity contribution >= 4 is 42.6 Å². The molecule has 9 heteroatoms. The van der Waals surface area contributed by atoms with E-state index in [1.54, 1.807) is 4.31 Å². The predicted octanol–water partition coefficient (Wildman–Crippen LogP) is 4.03. The zero-order valence-corrected chi connectivity index (χ0v) is 19.4. The molecule has 2 unspecified atom stereocenters. The highest BCUT2D eigenvalue weighted by atomic mass is 32.2. The summed E-state index contributed by atoms with van der Waals surface area (Å²) in [5.41, 5.74) is 7.84. The van der Waals surface area contributed by atoms with Gasteiger partial charge in [0.2, 0.25) is 15.2 Å². The van der Waals surface area contributed by atoms with Crippen LogP contribution in [0.1, 0.15) is 36.2 Å². The topological polar surface area (TPSA) is 91.4 Å². The number of piperidine rings is 1. The molecule has 0 bridgehead atoms. The smallest absolute Gasteiger partial charge is 0.269 e. The molecule has 1 amide bonds. The van der Waals surface area contributed by atoms with Crippen LogP contribution in [0.4, 0.5) is 5.13 Å². The van der Waals surface area contributed by atoms with E-state index in [0.29, 0.717) is 35.6 Å². The SMILES string of the molecule is Cc1ccc2nc(NNC(=O)c3ccc(S(=O)(=O)N4CC(C)CC(C)C4)cc3)sc2c1. The van der Waals surface area contributed by atoms with Gasteiger partial charge >= 0.3 is 0 Å². The molecule has 1 fully saturated rings. The summed E-state index contributed by atoms with van der Waals surface area (Å²) in [6.45, 7) is 7.22. The summed E-state index contributed by atoms with van der Waals surface area (Å²) >= 11 is 1.45. The van der Waals surface area contributed by atoms with Gasteiger partial charge in [0.15, 0.2) is 0 Å². The molecule has 1 saturated heterocycles. The molecule has 7 nitrogen and oxygen atoms in total. The second-order valence-electron chi connectivity index (χ2n) is 8.36. The van der Waals surface area contributed by atoms with Crippen LogP contribution >= 0.6 is 11.3 Å². The van der Waals surface area contributed by atoms with Crippen LogP contribution < -0.4 is 10.9 Å². The average Bonchev–Trinajstić information content (AvgIpc) is 3.13. The maximum atomic E-state index is 13.0. The Morgan fingerprint density at radius 2 is 1.77 bits per heavy atom. The number of carbonyl (C=O) groups is 1. The van der Waals surface area contributed by atoms with E-state index in [0.717, 1.165) is 22.2 Å². The van der Waals surface area contributed by atoms with Gasteiger partial charge in [-0.2, -0.15) is 4.31 Å². The fourth-order valence-corrected chi connectivity index (χ4v) is 6.59. The fraction of sp³-hybridized carbons (Fsp3) is 0.364. The Balaban J connectivity index is 1.42. The second-order valence-corrected chi connectivity index (χ2v) is 11.3. The number of fused-ring (bicyclic) bond motifs is 1. The number of aryl methyl sites for hydroxylation is 1. The van der Waals surface area contributed by atoms with Crippen molar-refractivity contribution in [2.24, 2.45) is 11.8 Å². The van der Waals surface area contributed by atoms with Crippen molar-refractivity contribution in [3.63, 3.8) is 0 Å². The maximum absolute atomic E-state index is 13.0. The standard InChI is InChI=1S/C22H26N4O3S2/c1-14-4-9-19-20(11-14)30-22(23-19)25-24-21(27)17-5-7-18(8-6-17)31(28,29)26-12-15(2)10-16(3)13-26/h4-9,11,15-16H,10,12-13H2,1-3H3,(H,23,25)(H,24,27). The van der Waals surface area contributed by atoms with Crippen molar-refractivity contribution in [2.75, 3.05) is 18.5 Å². The first kappa shape index (κ1) is 21.7. The highest BCUT2D eigenvalue weighted by molar-refractivity contribution is 7.89. The molecule has 0 saturated carbocycles. The quantitative estimate of drug-likeness (QED) is 0.564. The van der Waals surface area contributed by atoms with Crippen LogP contribution in [-0.4, -0.2) is 36.7 Å². The Morgan fingerprint density at radius 3 is 2.45 bits per heavy atom. The summed E-state index contributed by atoms with van der Waals surface area (Å²) < 4.78 is 28.6. The number of hydrogen-bond donors (Lipinski definition) is 2. The zero-order valence-electron chi connectivity index (χ0n) is 17.8. The number of amides is 1. The van der Waals surface area contributed by atoms with Crippen LogP contribution in [-0.2, 0) is 10.0 Å². The molecular formula is C22H26N4O3S2. The molecular weight excluding hydrogens is 432 g/mol. The molecule has 2 aromatic carbocycles. The first-order chi connectivity index (χ1) is 14.7. The number of carbonyl (C=O) groups excluding carboxylic acids is 1. The molecule has 0 aliphatic carbocycles. The molecule has 164 valence electrons. The van der Waals surface area contributed by atoms with E-state index in [-0.39, 0.29) is 10.8 Å². The van der Waals surface area contributed by atoms with Crippen molar-refractivity contribution in [1.29, 1.82) is 0 Å². The molecule has 31 heavy (non-hydrogen) atoms. The number of anilines is 1. The Labute approximate surface area is 186 Å². The lowest BCUT2D eigenvalue weighted by Gasteiger charge is -2.34. The number of thiazole rings is 1. The lowest BCUT2D eigenvalue weighted by molar-refractivity contribution is 0.0962. The van der Waals surface area contributed by atoms with Crippen LogP contribution in [0.25, 0.3) is 10.2 Å². The van der Waals surface area contributed by atoms with Gasteiger partial charge in [0, 0.05) is 18.7 Å². The van der Waals surface area contributed by atoms with Gasteiger partial charge in [-0.05, 0) is 67.1 Å². The molecule has 4 rings (SSSR count). The van der Waals surface area contributed by atoms with Crippen molar-refractivity contribution in [3.8, 4) is 0 Å². The number of nitrogens with zero attached hydrogens (tertiary/aromatic N) is 2. The van der Waals surface area contributed by atoms with E-state index in [2.05, 4.69) is 29.7 Å². The predicted molar refractivity (Wildman–Crippen MR) is 124 cm³/mol. The minimum atomic E-state index is -3.57. The molecule has 0 spiro atoms. The van der Waals surface area contributed by atoms with Crippen molar-refractivity contribution in [2.45, 2.75) is 32.1 Å². The van der Waals surface area contributed by atoms with Crippen molar-refractivity contribution < 1.29 is 13.2 Å².